The molecule has 41 heavy (non-hydrogen) atoms. The maximum atomic E-state index is 13.3. The summed E-state index contributed by atoms with van der Waals surface area (Å²) in [6.07, 6.45) is 6.22. The van der Waals surface area contributed by atoms with E-state index in [0.717, 1.165) is 37.9 Å². The van der Waals surface area contributed by atoms with Crippen LogP contribution >= 0.6 is 0 Å². The van der Waals surface area contributed by atoms with Crippen LogP contribution in [0.1, 0.15) is 42.9 Å². The van der Waals surface area contributed by atoms with Gasteiger partial charge in [-0.05, 0) is 62.4 Å². The van der Waals surface area contributed by atoms with Gasteiger partial charge >= 0.3 is 0 Å². The maximum Gasteiger partial charge on any atom is 0.269 e. The number of aryl methyl sites for hydroxylation is 1. The van der Waals surface area contributed by atoms with Gasteiger partial charge in [-0.1, -0.05) is 78.4 Å². The molecule has 2 atom stereocenters. The zero-order valence-corrected chi connectivity index (χ0v) is 24.3. The van der Waals surface area contributed by atoms with Crippen molar-refractivity contribution in [1.29, 1.82) is 0 Å². The van der Waals surface area contributed by atoms with Gasteiger partial charge in [0, 0.05) is 30.9 Å². The minimum Gasteiger partial charge on any atom is -0.364 e. The molecule has 1 aliphatic rings. The average Bonchev–Trinajstić information content (AvgIpc) is 3.58. The maximum absolute atomic E-state index is 13.3. The van der Waals surface area contributed by atoms with Crippen LogP contribution in [0.25, 0.3) is 11.2 Å². The first-order valence-corrected chi connectivity index (χ1v) is 15.5. The molecule has 6 rings (SSSR count). The lowest BCUT2D eigenvalue weighted by molar-refractivity contribution is 0.176. The first kappa shape index (κ1) is 27.2. The monoisotopic (exact) mass is 565 g/mol. The van der Waals surface area contributed by atoms with Crippen LogP contribution in [0.4, 0.5) is 5.82 Å². The molecule has 0 spiro atoms. The molecular weight excluding hydrogens is 530 g/mol. The van der Waals surface area contributed by atoms with E-state index < -0.39 is 10.0 Å². The highest BCUT2D eigenvalue weighted by Crippen LogP contribution is 2.37. The molecule has 0 bridgehead atoms. The first-order valence-electron chi connectivity index (χ1n) is 14.1. The van der Waals surface area contributed by atoms with Crippen molar-refractivity contribution in [3.8, 4) is 0 Å². The van der Waals surface area contributed by atoms with Crippen LogP contribution in [0.2, 0.25) is 0 Å². The van der Waals surface area contributed by atoms with Crippen molar-refractivity contribution in [2.24, 2.45) is 0 Å². The molecule has 3 aromatic carbocycles. The second-order valence-corrected chi connectivity index (χ2v) is 13.2. The lowest BCUT2D eigenvalue weighted by Gasteiger charge is -2.32. The molecule has 0 amide bonds. The van der Waals surface area contributed by atoms with Gasteiger partial charge in [0.25, 0.3) is 10.0 Å². The van der Waals surface area contributed by atoms with Crippen LogP contribution in [0.5, 0.6) is 0 Å². The second-order valence-electron chi connectivity index (χ2n) is 11.4. The normalized spacial score (nSPS) is 19.1. The Balaban J connectivity index is 1.20. The minimum atomic E-state index is -3.77. The predicted molar refractivity (Wildman–Crippen MR) is 163 cm³/mol. The van der Waals surface area contributed by atoms with Gasteiger partial charge in [0.15, 0.2) is 5.65 Å². The molecule has 1 N–H and O–H groups in total. The summed E-state index contributed by atoms with van der Waals surface area (Å²) in [7, 11) is -3.77. The van der Waals surface area contributed by atoms with Gasteiger partial charge in [-0.2, -0.15) is 0 Å². The Morgan fingerprint density at radius 2 is 1.56 bits per heavy atom. The van der Waals surface area contributed by atoms with Crippen molar-refractivity contribution in [1.82, 2.24) is 18.8 Å². The summed E-state index contributed by atoms with van der Waals surface area (Å²) in [5, 5.41) is 3.65. The van der Waals surface area contributed by atoms with Crippen LogP contribution in [0.3, 0.4) is 0 Å². The zero-order valence-electron chi connectivity index (χ0n) is 23.4. The van der Waals surface area contributed by atoms with Crippen molar-refractivity contribution in [2.75, 3.05) is 5.32 Å². The first-order chi connectivity index (χ1) is 19.8. The summed E-state index contributed by atoms with van der Waals surface area (Å²) in [6.45, 7) is 5.96. The molecule has 2 heterocycles. The number of anilines is 1. The van der Waals surface area contributed by atoms with Gasteiger partial charge in [0.05, 0.1) is 11.1 Å². The minimum absolute atomic E-state index is 0.158. The van der Waals surface area contributed by atoms with Gasteiger partial charge in [0.2, 0.25) is 0 Å². The Morgan fingerprint density at radius 3 is 2.20 bits per heavy atom. The molecule has 0 radical (unpaired) electrons. The quantitative estimate of drug-likeness (QED) is 0.223. The third kappa shape index (κ3) is 5.89. The topological polar surface area (TPSA) is 80.1 Å². The van der Waals surface area contributed by atoms with E-state index in [2.05, 4.69) is 82.8 Å². The highest BCUT2D eigenvalue weighted by atomic mass is 32.2. The summed E-state index contributed by atoms with van der Waals surface area (Å²) >= 11 is 0. The van der Waals surface area contributed by atoms with Crippen molar-refractivity contribution in [2.45, 2.75) is 62.7 Å². The van der Waals surface area contributed by atoms with Gasteiger partial charge in [-0.25, -0.2) is 22.4 Å². The lowest BCUT2D eigenvalue weighted by Crippen LogP contribution is -2.37. The number of aromatic nitrogens is 3. The van der Waals surface area contributed by atoms with Crippen LogP contribution in [0, 0.1) is 6.92 Å². The number of nitrogens with one attached hydrogen (secondary N) is 1. The number of benzene rings is 3. The van der Waals surface area contributed by atoms with Crippen LogP contribution in [0.15, 0.2) is 108 Å². The molecule has 210 valence electrons. The molecule has 2 aromatic heterocycles. The Bertz CT molecular complexity index is 1700. The summed E-state index contributed by atoms with van der Waals surface area (Å²) in [4.78, 5) is 12.1. The van der Waals surface area contributed by atoms with E-state index in [4.69, 9.17) is 4.98 Å². The number of hydrogen-bond acceptors (Lipinski definition) is 6. The number of nitrogens with zero attached hydrogens (tertiary/aromatic N) is 4. The largest absolute Gasteiger partial charge is 0.364 e. The Kier molecular flexibility index (Phi) is 7.36. The molecule has 7 nitrogen and oxygen atoms in total. The number of rotatable bonds is 9. The number of fused-ring (bicyclic) bond motifs is 1. The molecule has 1 saturated carbocycles. The van der Waals surface area contributed by atoms with E-state index in [-0.39, 0.29) is 10.4 Å². The summed E-state index contributed by atoms with van der Waals surface area (Å²) in [5.41, 5.74) is 4.33. The molecule has 2 unspecified atom stereocenters. The smallest absolute Gasteiger partial charge is 0.269 e. The second kappa shape index (κ2) is 11.1. The van der Waals surface area contributed by atoms with Crippen LogP contribution in [-0.4, -0.2) is 38.8 Å². The fourth-order valence-corrected chi connectivity index (χ4v) is 7.16. The van der Waals surface area contributed by atoms with Gasteiger partial charge in [0.1, 0.15) is 11.3 Å². The average molecular weight is 566 g/mol. The van der Waals surface area contributed by atoms with E-state index in [0.29, 0.717) is 23.0 Å². The fourth-order valence-electron chi connectivity index (χ4n) is 5.86. The van der Waals surface area contributed by atoms with E-state index >= 15 is 0 Å². The fraction of sp³-hybridized carbons (Fsp3) is 0.273. The molecule has 8 heteroatoms. The Hall–Kier alpha value is -4.01. The van der Waals surface area contributed by atoms with Crippen molar-refractivity contribution in [3.05, 3.63) is 120 Å². The number of hydrogen-bond donors (Lipinski definition) is 1. The van der Waals surface area contributed by atoms with E-state index in [1.165, 1.54) is 21.3 Å². The Labute approximate surface area is 241 Å². The van der Waals surface area contributed by atoms with Gasteiger partial charge < -0.3 is 5.32 Å². The molecule has 1 aliphatic carbocycles. The zero-order chi connectivity index (χ0) is 28.5. The highest BCUT2D eigenvalue weighted by molar-refractivity contribution is 7.90. The molecular formula is C33H35N5O2S. The molecule has 0 aliphatic heterocycles. The van der Waals surface area contributed by atoms with Crippen molar-refractivity contribution < 1.29 is 8.42 Å². The lowest BCUT2D eigenvalue weighted by atomic mass is 9.99. The predicted octanol–water partition coefficient (Wildman–Crippen LogP) is 6.40. The molecule has 5 aromatic rings. The van der Waals surface area contributed by atoms with Crippen LogP contribution in [-0.2, 0) is 23.1 Å². The van der Waals surface area contributed by atoms with Gasteiger partial charge in [-0.15, -0.1) is 0 Å². The van der Waals surface area contributed by atoms with Crippen LogP contribution < -0.4 is 5.32 Å². The summed E-state index contributed by atoms with van der Waals surface area (Å²) in [6, 6.07) is 30.3. The summed E-state index contributed by atoms with van der Waals surface area (Å²) < 4.78 is 27.8. The van der Waals surface area contributed by atoms with E-state index in [9.17, 15) is 8.42 Å². The van der Waals surface area contributed by atoms with Crippen molar-refractivity contribution in [3.63, 3.8) is 0 Å². The van der Waals surface area contributed by atoms with Gasteiger partial charge in [-0.3, -0.25) is 4.90 Å². The van der Waals surface area contributed by atoms with E-state index in [1.54, 1.807) is 36.5 Å². The van der Waals surface area contributed by atoms with Crippen molar-refractivity contribution >= 4 is 27.0 Å². The summed E-state index contributed by atoms with van der Waals surface area (Å²) in [5.74, 6) is 0.656. The third-order valence-electron chi connectivity index (χ3n) is 8.05. The SMILES string of the molecule is Cc1ccc(S(=O)(=O)n2ccc3nc(NC4(C)CCC(N(Cc5ccccc5)Cc5ccccc5)C4)cnc32)cc1. The molecule has 1 fully saturated rings. The highest BCUT2D eigenvalue weighted by Gasteiger charge is 2.38. The van der Waals surface area contributed by atoms with E-state index in [1.807, 2.05) is 6.92 Å². The molecule has 0 saturated heterocycles. The third-order valence-corrected chi connectivity index (χ3v) is 9.73. The Morgan fingerprint density at radius 1 is 0.927 bits per heavy atom. The standard InChI is InChI=1S/C33H35N5O2S/c1-25-13-15-29(16-14-25)41(39,40)38-20-18-30-32(38)34-22-31(35-30)36-33(2)19-17-28(21-33)37(23-26-9-5-3-6-10-26)24-27-11-7-4-8-12-27/h3-16,18,20,22,28H,17,19,21,23-24H2,1-2H3,(H,35,36).